The molecule has 0 saturated carbocycles. The van der Waals surface area contributed by atoms with E-state index in [0.29, 0.717) is 18.4 Å². The molecular weight excluding hydrogens is 314 g/mol. The Labute approximate surface area is 148 Å². The zero-order valence-corrected chi connectivity index (χ0v) is 14.7. The van der Waals surface area contributed by atoms with Gasteiger partial charge in [-0.15, -0.1) is 0 Å². The Hall–Kier alpha value is -2.62. The van der Waals surface area contributed by atoms with Gasteiger partial charge in [0.2, 0.25) is 5.91 Å². The summed E-state index contributed by atoms with van der Waals surface area (Å²) in [5.41, 5.74) is 0.531. The molecule has 2 unspecified atom stereocenters. The van der Waals surface area contributed by atoms with Crippen molar-refractivity contribution < 1.29 is 14.7 Å². The molecule has 0 aliphatic carbocycles. The highest BCUT2D eigenvalue weighted by molar-refractivity contribution is 5.86. The second-order valence-electron chi connectivity index (χ2n) is 6.20. The highest BCUT2D eigenvalue weighted by Gasteiger charge is 2.39. The van der Waals surface area contributed by atoms with Crippen LogP contribution in [0.1, 0.15) is 43.7 Å². The molecule has 25 heavy (non-hydrogen) atoms. The van der Waals surface area contributed by atoms with Gasteiger partial charge in [-0.3, -0.25) is 9.59 Å². The first-order valence-corrected chi connectivity index (χ1v) is 8.66. The normalized spacial score (nSPS) is 14.3. The van der Waals surface area contributed by atoms with Crippen LogP contribution in [-0.4, -0.2) is 23.5 Å². The second-order valence-corrected chi connectivity index (χ2v) is 6.20. The van der Waals surface area contributed by atoms with E-state index in [2.05, 4.69) is 5.32 Å². The standard InChI is InChI=1S/C21H25NO3/c1-3-18(16-11-7-5-8-12-16)19(23)22-15-21(4-2,20(24)25)17-13-9-6-10-14-17/h5-14,18H,3-4,15H2,1-2H3,(H,22,23)(H,24,25). The molecule has 0 aliphatic rings. The first kappa shape index (κ1) is 18.7. The molecule has 2 atom stereocenters. The monoisotopic (exact) mass is 339 g/mol. The van der Waals surface area contributed by atoms with Crippen LogP contribution in [-0.2, 0) is 15.0 Å². The number of hydrogen-bond donors (Lipinski definition) is 2. The highest BCUT2D eigenvalue weighted by Crippen LogP contribution is 2.28. The van der Waals surface area contributed by atoms with Crippen molar-refractivity contribution in [2.45, 2.75) is 38.0 Å². The molecule has 2 aromatic rings. The van der Waals surface area contributed by atoms with E-state index in [1.807, 2.05) is 62.4 Å². The lowest BCUT2D eigenvalue weighted by molar-refractivity contribution is -0.144. The van der Waals surface area contributed by atoms with Crippen molar-refractivity contribution in [3.8, 4) is 0 Å². The van der Waals surface area contributed by atoms with Gasteiger partial charge in [-0.25, -0.2) is 0 Å². The minimum atomic E-state index is -1.12. The van der Waals surface area contributed by atoms with Gasteiger partial charge in [0.05, 0.1) is 5.92 Å². The third-order valence-corrected chi connectivity index (χ3v) is 4.83. The molecule has 0 radical (unpaired) electrons. The summed E-state index contributed by atoms with van der Waals surface area (Å²) in [5, 5.41) is 12.7. The maximum atomic E-state index is 12.7. The fourth-order valence-electron chi connectivity index (χ4n) is 3.16. The van der Waals surface area contributed by atoms with Crippen molar-refractivity contribution in [3.05, 3.63) is 71.8 Å². The average Bonchev–Trinajstić information content (AvgIpc) is 2.65. The van der Waals surface area contributed by atoms with Crippen LogP contribution in [0.5, 0.6) is 0 Å². The number of amides is 1. The number of benzene rings is 2. The summed E-state index contributed by atoms with van der Waals surface area (Å²) < 4.78 is 0. The molecule has 0 aliphatic heterocycles. The molecule has 0 heterocycles. The van der Waals surface area contributed by atoms with Gasteiger partial charge >= 0.3 is 5.97 Å². The van der Waals surface area contributed by atoms with E-state index in [1.165, 1.54) is 0 Å². The summed E-state index contributed by atoms with van der Waals surface area (Å²) in [4.78, 5) is 24.7. The van der Waals surface area contributed by atoms with E-state index in [0.717, 1.165) is 5.56 Å². The molecule has 2 rings (SSSR count). The maximum absolute atomic E-state index is 12.7. The van der Waals surface area contributed by atoms with Crippen LogP contribution in [0.3, 0.4) is 0 Å². The summed E-state index contributed by atoms with van der Waals surface area (Å²) in [6.45, 7) is 3.87. The summed E-state index contributed by atoms with van der Waals surface area (Å²) in [6.07, 6.45) is 1.06. The molecule has 0 aromatic heterocycles. The second kappa shape index (κ2) is 8.47. The molecule has 2 N–H and O–H groups in total. The Morgan fingerprint density at radius 3 is 2.04 bits per heavy atom. The van der Waals surface area contributed by atoms with Gasteiger partial charge < -0.3 is 10.4 Å². The van der Waals surface area contributed by atoms with Gasteiger partial charge in [-0.05, 0) is 24.0 Å². The lowest BCUT2D eigenvalue weighted by Crippen LogP contribution is -2.47. The molecule has 132 valence electrons. The van der Waals surface area contributed by atoms with E-state index in [1.54, 1.807) is 12.1 Å². The first-order chi connectivity index (χ1) is 12.0. The summed E-state index contributed by atoms with van der Waals surface area (Å²) in [7, 11) is 0. The minimum Gasteiger partial charge on any atom is -0.481 e. The van der Waals surface area contributed by atoms with Crippen LogP contribution in [0.25, 0.3) is 0 Å². The average molecular weight is 339 g/mol. The molecule has 1 amide bonds. The zero-order valence-electron chi connectivity index (χ0n) is 14.7. The van der Waals surface area contributed by atoms with Crippen molar-refractivity contribution in [1.29, 1.82) is 0 Å². The van der Waals surface area contributed by atoms with Crippen LogP contribution >= 0.6 is 0 Å². The Morgan fingerprint density at radius 1 is 1.00 bits per heavy atom. The lowest BCUT2D eigenvalue weighted by atomic mass is 9.78. The Bertz CT molecular complexity index is 700. The number of rotatable bonds is 8. The Morgan fingerprint density at radius 2 is 1.56 bits per heavy atom. The van der Waals surface area contributed by atoms with Crippen LogP contribution < -0.4 is 5.32 Å². The number of carboxylic acids is 1. The van der Waals surface area contributed by atoms with E-state index in [9.17, 15) is 14.7 Å². The van der Waals surface area contributed by atoms with Crippen LogP contribution in [0.15, 0.2) is 60.7 Å². The third kappa shape index (κ3) is 4.08. The minimum absolute atomic E-state index is 0.0744. The Kier molecular flexibility index (Phi) is 6.34. The maximum Gasteiger partial charge on any atom is 0.315 e. The fraction of sp³-hybridized carbons (Fsp3) is 0.333. The van der Waals surface area contributed by atoms with Crippen molar-refractivity contribution in [3.63, 3.8) is 0 Å². The number of carboxylic acid groups (broad SMARTS) is 1. The third-order valence-electron chi connectivity index (χ3n) is 4.83. The Balaban J connectivity index is 2.20. The number of hydrogen-bond acceptors (Lipinski definition) is 2. The van der Waals surface area contributed by atoms with E-state index in [-0.39, 0.29) is 18.4 Å². The van der Waals surface area contributed by atoms with Gasteiger partial charge in [0.25, 0.3) is 0 Å². The molecule has 0 fully saturated rings. The molecule has 2 aromatic carbocycles. The quantitative estimate of drug-likeness (QED) is 0.770. The van der Waals surface area contributed by atoms with Crippen LogP contribution in [0, 0.1) is 0 Å². The number of nitrogens with one attached hydrogen (secondary N) is 1. The van der Waals surface area contributed by atoms with E-state index >= 15 is 0 Å². The fourth-order valence-corrected chi connectivity index (χ4v) is 3.16. The van der Waals surface area contributed by atoms with Gasteiger partial charge in [0.15, 0.2) is 0 Å². The van der Waals surface area contributed by atoms with Crippen LogP contribution in [0.4, 0.5) is 0 Å². The van der Waals surface area contributed by atoms with E-state index in [4.69, 9.17) is 0 Å². The molecule has 4 heteroatoms. The first-order valence-electron chi connectivity index (χ1n) is 8.66. The predicted molar refractivity (Wildman–Crippen MR) is 98.5 cm³/mol. The molecule has 0 saturated heterocycles. The highest BCUT2D eigenvalue weighted by atomic mass is 16.4. The molecule has 0 spiro atoms. The van der Waals surface area contributed by atoms with Gasteiger partial charge in [0.1, 0.15) is 5.41 Å². The molecule has 4 nitrogen and oxygen atoms in total. The zero-order chi connectivity index (χ0) is 18.3. The van der Waals surface area contributed by atoms with Crippen molar-refractivity contribution in [1.82, 2.24) is 5.32 Å². The number of carbonyl (C=O) groups excluding carboxylic acids is 1. The van der Waals surface area contributed by atoms with Gasteiger partial charge in [-0.1, -0.05) is 74.5 Å². The van der Waals surface area contributed by atoms with Crippen molar-refractivity contribution >= 4 is 11.9 Å². The number of carbonyl (C=O) groups is 2. The van der Waals surface area contributed by atoms with Crippen molar-refractivity contribution in [2.75, 3.05) is 6.54 Å². The molecular formula is C21H25NO3. The van der Waals surface area contributed by atoms with E-state index < -0.39 is 11.4 Å². The lowest BCUT2D eigenvalue weighted by Gasteiger charge is -2.30. The van der Waals surface area contributed by atoms with Crippen LogP contribution in [0.2, 0.25) is 0 Å². The molecule has 0 bridgehead atoms. The number of aliphatic carboxylic acids is 1. The summed E-state index contributed by atoms with van der Waals surface area (Å²) >= 11 is 0. The van der Waals surface area contributed by atoms with Gasteiger partial charge in [-0.2, -0.15) is 0 Å². The van der Waals surface area contributed by atoms with Gasteiger partial charge in [0, 0.05) is 6.54 Å². The summed E-state index contributed by atoms with van der Waals surface area (Å²) in [5.74, 6) is -1.33. The predicted octanol–water partition coefficient (Wildman–Crippen LogP) is 3.73. The smallest absolute Gasteiger partial charge is 0.315 e. The van der Waals surface area contributed by atoms with Crippen molar-refractivity contribution in [2.24, 2.45) is 0 Å². The summed E-state index contributed by atoms with van der Waals surface area (Å²) in [6, 6.07) is 18.7. The largest absolute Gasteiger partial charge is 0.481 e. The topological polar surface area (TPSA) is 66.4 Å². The SMILES string of the molecule is CCC(C(=O)NCC(CC)(C(=O)O)c1ccccc1)c1ccccc1.